The summed E-state index contributed by atoms with van der Waals surface area (Å²) in [5, 5.41) is 14.7. The number of nitrogens with one attached hydrogen (secondary N) is 2. The minimum Gasteiger partial charge on any atom is -0.508 e. The number of phenols is 1. The van der Waals surface area contributed by atoms with Gasteiger partial charge in [0.2, 0.25) is 6.41 Å². The topological polar surface area (TPSA) is 78.4 Å². The second-order valence-corrected chi connectivity index (χ2v) is 5.07. The molecule has 5 heteroatoms. The molecule has 3 N–H and O–H groups in total. The van der Waals surface area contributed by atoms with E-state index in [1.54, 1.807) is 12.1 Å². The molecule has 0 saturated heterocycles. The van der Waals surface area contributed by atoms with Crippen molar-refractivity contribution in [2.24, 2.45) is 0 Å². The molecule has 22 heavy (non-hydrogen) atoms. The fourth-order valence-corrected chi connectivity index (χ4v) is 2.27. The van der Waals surface area contributed by atoms with E-state index in [2.05, 4.69) is 10.6 Å². The van der Waals surface area contributed by atoms with Crippen molar-refractivity contribution in [2.75, 3.05) is 5.32 Å². The van der Waals surface area contributed by atoms with Crippen molar-refractivity contribution in [1.29, 1.82) is 0 Å². The van der Waals surface area contributed by atoms with Gasteiger partial charge in [0.1, 0.15) is 11.8 Å². The van der Waals surface area contributed by atoms with Crippen molar-refractivity contribution >= 4 is 18.0 Å². The minimum absolute atomic E-state index is 0.101. The van der Waals surface area contributed by atoms with Gasteiger partial charge in [0.05, 0.1) is 0 Å². The first-order valence-corrected chi connectivity index (χ1v) is 6.88. The summed E-state index contributed by atoms with van der Waals surface area (Å²) >= 11 is 0. The predicted octanol–water partition coefficient (Wildman–Crippen LogP) is 2.43. The highest BCUT2D eigenvalue weighted by atomic mass is 16.3. The van der Waals surface area contributed by atoms with Gasteiger partial charge in [0.15, 0.2) is 0 Å². The van der Waals surface area contributed by atoms with Gasteiger partial charge in [-0.05, 0) is 42.7 Å². The molecule has 0 radical (unpaired) electrons. The molecule has 0 aromatic heterocycles. The van der Waals surface area contributed by atoms with Crippen LogP contribution >= 0.6 is 0 Å². The van der Waals surface area contributed by atoms with E-state index < -0.39 is 6.04 Å². The third-order valence-electron chi connectivity index (χ3n) is 3.45. The molecule has 114 valence electrons. The summed E-state index contributed by atoms with van der Waals surface area (Å²) in [5.41, 5.74) is 3.23. The molecule has 0 heterocycles. The predicted molar refractivity (Wildman–Crippen MR) is 84.6 cm³/mol. The van der Waals surface area contributed by atoms with Gasteiger partial charge >= 0.3 is 0 Å². The molecule has 1 unspecified atom stereocenters. The Balaban J connectivity index is 2.27. The molecular weight excluding hydrogens is 280 g/mol. The van der Waals surface area contributed by atoms with E-state index >= 15 is 0 Å². The average molecular weight is 298 g/mol. The first kappa shape index (κ1) is 15.6. The molecule has 2 amide bonds. The summed E-state index contributed by atoms with van der Waals surface area (Å²) in [6.07, 6.45) is 0.488. The van der Waals surface area contributed by atoms with Crippen LogP contribution in [0.25, 0.3) is 0 Å². The summed E-state index contributed by atoms with van der Waals surface area (Å²) in [6, 6.07) is 11.1. The van der Waals surface area contributed by atoms with Crippen LogP contribution in [0.2, 0.25) is 0 Å². The van der Waals surface area contributed by atoms with Crippen molar-refractivity contribution < 1.29 is 14.7 Å². The molecule has 2 aromatic carbocycles. The van der Waals surface area contributed by atoms with Crippen molar-refractivity contribution in [1.82, 2.24) is 5.32 Å². The van der Waals surface area contributed by atoms with Crippen molar-refractivity contribution in [3.05, 3.63) is 59.2 Å². The van der Waals surface area contributed by atoms with Crippen LogP contribution < -0.4 is 10.6 Å². The Hall–Kier alpha value is -2.82. The SMILES string of the molecule is Cc1cccc(C)c1NC(=O)C(NC=O)c1ccc(O)cc1. The zero-order valence-electron chi connectivity index (χ0n) is 12.5. The van der Waals surface area contributed by atoms with E-state index in [-0.39, 0.29) is 11.7 Å². The van der Waals surface area contributed by atoms with Crippen molar-refractivity contribution in [2.45, 2.75) is 19.9 Å². The summed E-state index contributed by atoms with van der Waals surface area (Å²) in [4.78, 5) is 23.3. The van der Waals surface area contributed by atoms with Gasteiger partial charge in [-0.3, -0.25) is 9.59 Å². The van der Waals surface area contributed by atoms with Crippen molar-refractivity contribution in [3.63, 3.8) is 0 Å². The lowest BCUT2D eigenvalue weighted by atomic mass is 10.0. The molecule has 0 bridgehead atoms. The lowest BCUT2D eigenvalue weighted by Crippen LogP contribution is -2.32. The van der Waals surface area contributed by atoms with Gasteiger partial charge in [-0.2, -0.15) is 0 Å². The molecule has 0 aliphatic heterocycles. The summed E-state index contributed by atoms with van der Waals surface area (Å²) in [6.45, 7) is 3.82. The van der Waals surface area contributed by atoms with E-state index in [9.17, 15) is 14.7 Å². The van der Waals surface area contributed by atoms with Gasteiger partial charge in [-0.25, -0.2) is 0 Å². The standard InChI is InChI=1S/C17H18N2O3/c1-11-4-3-5-12(2)15(11)19-17(22)16(18-10-20)13-6-8-14(21)9-7-13/h3-10,16,21H,1-2H3,(H,18,20)(H,19,22). The second kappa shape index (κ2) is 6.76. The molecule has 0 aliphatic carbocycles. The molecule has 5 nitrogen and oxygen atoms in total. The highest BCUT2D eigenvalue weighted by Gasteiger charge is 2.21. The number of para-hydroxylation sites is 1. The third-order valence-corrected chi connectivity index (χ3v) is 3.45. The van der Waals surface area contributed by atoms with Crippen molar-refractivity contribution in [3.8, 4) is 5.75 Å². The number of rotatable bonds is 5. The van der Waals surface area contributed by atoms with Crippen LogP contribution in [-0.2, 0) is 9.59 Å². The highest BCUT2D eigenvalue weighted by Crippen LogP contribution is 2.23. The maximum absolute atomic E-state index is 12.5. The Morgan fingerprint density at radius 3 is 2.23 bits per heavy atom. The van der Waals surface area contributed by atoms with Crippen LogP contribution in [0.3, 0.4) is 0 Å². The number of amides is 2. The van der Waals surface area contributed by atoms with E-state index in [1.165, 1.54) is 12.1 Å². The van der Waals surface area contributed by atoms with E-state index in [0.29, 0.717) is 12.0 Å². The van der Waals surface area contributed by atoms with Gasteiger partial charge in [0.25, 0.3) is 5.91 Å². The second-order valence-electron chi connectivity index (χ2n) is 5.07. The first-order valence-electron chi connectivity index (χ1n) is 6.88. The number of hydrogen-bond acceptors (Lipinski definition) is 3. The molecule has 1 atom stereocenters. The Morgan fingerprint density at radius 2 is 1.68 bits per heavy atom. The Kier molecular flexibility index (Phi) is 4.78. The van der Waals surface area contributed by atoms with Crippen LogP contribution in [0, 0.1) is 13.8 Å². The van der Waals surface area contributed by atoms with Gasteiger partial charge in [-0.15, -0.1) is 0 Å². The van der Waals surface area contributed by atoms with E-state index in [1.807, 2.05) is 32.0 Å². The van der Waals surface area contributed by atoms with Crippen LogP contribution in [-0.4, -0.2) is 17.4 Å². The number of phenolic OH excluding ortho intramolecular Hbond substituents is 1. The molecule has 2 rings (SSSR count). The Labute approximate surface area is 129 Å². The molecule has 0 spiro atoms. The third kappa shape index (κ3) is 3.44. The molecule has 0 fully saturated rings. The van der Waals surface area contributed by atoms with Crippen LogP contribution in [0.4, 0.5) is 5.69 Å². The van der Waals surface area contributed by atoms with Gasteiger partial charge in [0, 0.05) is 5.69 Å². The molecule has 0 aliphatic rings. The lowest BCUT2D eigenvalue weighted by Gasteiger charge is -2.18. The summed E-state index contributed by atoms with van der Waals surface area (Å²) in [7, 11) is 0. The normalized spacial score (nSPS) is 11.5. The average Bonchev–Trinajstić information content (AvgIpc) is 2.49. The number of aryl methyl sites for hydroxylation is 2. The van der Waals surface area contributed by atoms with Crippen LogP contribution in [0.1, 0.15) is 22.7 Å². The maximum atomic E-state index is 12.5. The van der Waals surface area contributed by atoms with E-state index in [4.69, 9.17) is 0 Å². The first-order chi connectivity index (χ1) is 10.5. The smallest absolute Gasteiger partial charge is 0.251 e. The van der Waals surface area contributed by atoms with Gasteiger partial charge < -0.3 is 15.7 Å². The number of carbonyl (C=O) groups is 2. The number of anilines is 1. The minimum atomic E-state index is -0.822. The quantitative estimate of drug-likeness (QED) is 0.742. The maximum Gasteiger partial charge on any atom is 0.251 e. The lowest BCUT2D eigenvalue weighted by molar-refractivity contribution is -0.121. The monoisotopic (exact) mass is 298 g/mol. The number of carbonyl (C=O) groups excluding carboxylic acids is 2. The molecule has 2 aromatic rings. The largest absolute Gasteiger partial charge is 0.508 e. The Bertz CT molecular complexity index is 661. The zero-order chi connectivity index (χ0) is 16.1. The Morgan fingerprint density at radius 1 is 1.09 bits per heavy atom. The highest BCUT2D eigenvalue weighted by molar-refractivity contribution is 5.97. The number of aromatic hydroxyl groups is 1. The molecule has 0 saturated carbocycles. The summed E-state index contributed by atoms with van der Waals surface area (Å²) in [5.74, 6) is -0.237. The zero-order valence-corrected chi connectivity index (χ0v) is 12.5. The summed E-state index contributed by atoms with van der Waals surface area (Å²) < 4.78 is 0. The van der Waals surface area contributed by atoms with Crippen LogP contribution in [0.15, 0.2) is 42.5 Å². The number of hydrogen-bond donors (Lipinski definition) is 3. The van der Waals surface area contributed by atoms with Gasteiger partial charge in [-0.1, -0.05) is 30.3 Å². The van der Waals surface area contributed by atoms with Crippen LogP contribution in [0.5, 0.6) is 5.75 Å². The molecular formula is C17H18N2O3. The van der Waals surface area contributed by atoms with E-state index in [0.717, 1.165) is 16.8 Å². The number of benzene rings is 2. The fourth-order valence-electron chi connectivity index (χ4n) is 2.27. The fraction of sp³-hybridized carbons (Fsp3) is 0.176.